The Balaban J connectivity index is 2.64. The predicted octanol–water partition coefficient (Wildman–Crippen LogP) is 2.16. The molecule has 1 atom stereocenters. The van der Waals surface area contributed by atoms with Gasteiger partial charge in [0.2, 0.25) is 0 Å². The molecular weight excluding hydrogens is 244 g/mol. The largest absolute Gasteiger partial charge is 0.465 e. The molecule has 5 nitrogen and oxygen atoms in total. The molecule has 112 valence electrons. The third-order valence-corrected chi connectivity index (χ3v) is 3.55. The molecule has 1 rings (SSSR count). The van der Waals surface area contributed by atoms with Crippen molar-refractivity contribution < 1.29 is 14.6 Å². The highest BCUT2D eigenvalue weighted by Crippen LogP contribution is 2.24. The Morgan fingerprint density at radius 2 is 2.00 bits per heavy atom. The van der Waals surface area contributed by atoms with Crippen molar-refractivity contribution in [3.8, 4) is 0 Å². The summed E-state index contributed by atoms with van der Waals surface area (Å²) in [5, 5.41) is 9.41. The molecule has 1 amide bonds. The van der Waals surface area contributed by atoms with Gasteiger partial charge in [-0.3, -0.25) is 0 Å². The zero-order valence-corrected chi connectivity index (χ0v) is 12.4. The lowest BCUT2D eigenvalue weighted by atomic mass is 9.90. The second-order valence-electron chi connectivity index (χ2n) is 6.65. The zero-order chi connectivity index (χ0) is 14.5. The fourth-order valence-corrected chi connectivity index (χ4v) is 2.58. The van der Waals surface area contributed by atoms with E-state index in [1.165, 1.54) is 4.90 Å². The Kier molecular flexibility index (Phi) is 6.07. The molecule has 1 fully saturated rings. The smallest absolute Gasteiger partial charge is 0.407 e. The van der Waals surface area contributed by atoms with Crippen LogP contribution in [-0.4, -0.2) is 48.4 Å². The van der Waals surface area contributed by atoms with Gasteiger partial charge in [0, 0.05) is 32.3 Å². The number of carbonyl (C=O) groups is 1. The van der Waals surface area contributed by atoms with Crippen LogP contribution in [-0.2, 0) is 4.74 Å². The number of ether oxygens (including phenoxy) is 1. The van der Waals surface area contributed by atoms with Crippen LogP contribution in [0.1, 0.15) is 40.0 Å². The summed E-state index contributed by atoms with van der Waals surface area (Å²) in [6, 6.07) is -0.0835. The van der Waals surface area contributed by atoms with Gasteiger partial charge in [0.1, 0.15) is 0 Å². The zero-order valence-electron chi connectivity index (χ0n) is 12.4. The van der Waals surface area contributed by atoms with Gasteiger partial charge in [0.25, 0.3) is 0 Å². The van der Waals surface area contributed by atoms with Gasteiger partial charge in [-0.1, -0.05) is 20.8 Å². The molecule has 0 aromatic heterocycles. The van der Waals surface area contributed by atoms with E-state index in [0.717, 1.165) is 32.5 Å². The summed E-state index contributed by atoms with van der Waals surface area (Å²) in [7, 11) is 0. The molecule has 0 aromatic carbocycles. The summed E-state index contributed by atoms with van der Waals surface area (Å²) in [5.74, 6) is 0.532. The molecule has 0 unspecified atom stereocenters. The van der Waals surface area contributed by atoms with Crippen LogP contribution in [0.2, 0.25) is 0 Å². The maximum Gasteiger partial charge on any atom is 0.407 e. The van der Waals surface area contributed by atoms with Gasteiger partial charge in [-0.15, -0.1) is 0 Å². The molecule has 0 saturated carbocycles. The van der Waals surface area contributed by atoms with Crippen molar-refractivity contribution in [2.24, 2.45) is 17.1 Å². The molecule has 1 saturated heterocycles. The highest BCUT2D eigenvalue weighted by atomic mass is 16.5. The number of amides is 1. The fraction of sp³-hybridized carbons (Fsp3) is 0.929. The lowest BCUT2D eigenvalue weighted by Gasteiger charge is -2.36. The minimum Gasteiger partial charge on any atom is -0.465 e. The molecule has 19 heavy (non-hydrogen) atoms. The third kappa shape index (κ3) is 5.78. The van der Waals surface area contributed by atoms with Crippen LogP contribution in [0.3, 0.4) is 0 Å². The highest BCUT2D eigenvalue weighted by Gasteiger charge is 2.29. The minimum absolute atomic E-state index is 0.0541. The van der Waals surface area contributed by atoms with Crippen molar-refractivity contribution in [2.45, 2.75) is 46.1 Å². The molecule has 3 N–H and O–H groups in total. The van der Waals surface area contributed by atoms with Gasteiger partial charge < -0.3 is 20.5 Å². The Morgan fingerprint density at radius 3 is 2.42 bits per heavy atom. The lowest BCUT2D eigenvalue weighted by molar-refractivity contribution is 0.0472. The first kappa shape index (κ1) is 16.2. The van der Waals surface area contributed by atoms with Crippen molar-refractivity contribution in [3.05, 3.63) is 0 Å². The van der Waals surface area contributed by atoms with Crippen LogP contribution in [0.25, 0.3) is 0 Å². The Bertz CT molecular complexity index is 283. The number of hydrogen-bond acceptors (Lipinski definition) is 3. The summed E-state index contributed by atoms with van der Waals surface area (Å²) in [5.41, 5.74) is 5.76. The first-order chi connectivity index (χ1) is 8.83. The van der Waals surface area contributed by atoms with Gasteiger partial charge in [0.15, 0.2) is 0 Å². The Hall–Kier alpha value is -0.810. The van der Waals surface area contributed by atoms with Crippen LogP contribution in [0.15, 0.2) is 0 Å². The summed E-state index contributed by atoms with van der Waals surface area (Å²) >= 11 is 0. The van der Waals surface area contributed by atoms with Crippen molar-refractivity contribution in [3.63, 3.8) is 0 Å². The standard InChI is InChI=1S/C14H28N2O3/c1-14(2,3)10-16(13(17)18)12(9-15)8-11-4-6-19-7-5-11/h11-12H,4-10,15H2,1-3H3,(H,17,18)/t12-/m0/s1. The van der Waals surface area contributed by atoms with Gasteiger partial charge in [-0.05, 0) is 30.6 Å². The summed E-state index contributed by atoms with van der Waals surface area (Å²) in [6.07, 6.45) is 2.01. The Morgan fingerprint density at radius 1 is 1.42 bits per heavy atom. The molecule has 1 aliphatic heterocycles. The maximum absolute atomic E-state index is 11.5. The number of nitrogens with zero attached hydrogens (tertiary/aromatic N) is 1. The molecular formula is C14H28N2O3. The highest BCUT2D eigenvalue weighted by molar-refractivity contribution is 5.65. The molecule has 0 bridgehead atoms. The van der Waals surface area contributed by atoms with Gasteiger partial charge in [-0.2, -0.15) is 0 Å². The van der Waals surface area contributed by atoms with Crippen LogP contribution in [0.5, 0.6) is 0 Å². The van der Waals surface area contributed by atoms with E-state index in [-0.39, 0.29) is 11.5 Å². The van der Waals surface area contributed by atoms with E-state index < -0.39 is 6.09 Å². The fourth-order valence-electron chi connectivity index (χ4n) is 2.58. The van der Waals surface area contributed by atoms with E-state index in [2.05, 4.69) is 0 Å². The van der Waals surface area contributed by atoms with Crippen molar-refractivity contribution >= 4 is 6.09 Å². The van der Waals surface area contributed by atoms with Crippen LogP contribution in [0, 0.1) is 11.3 Å². The molecule has 1 aliphatic rings. The average molecular weight is 272 g/mol. The van der Waals surface area contributed by atoms with Crippen molar-refractivity contribution in [1.82, 2.24) is 4.90 Å². The number of carboxylic acid groups (broad SMARTS) is 1. The molecule has 0 aliphatic carbocycles. The molecule has 5 heteroatoms. The quantitative estimate of drug-likeness (QED) is 0.804. The molecule has 0 aromatic rings. The van der Waals surface area contributed by atoms with E-state index in [1.807, 2.05) is 20.8 Å². The minimum atomic E-state index is -0.863. The van der Waals surface area contributed by atoms with E-state index >= 15 is 0 Å². The number of hydrogen-bond donors (Lipinski definition) is 2. The topological polar surface area (TPSA) is 75.8 Å². The van der Waals surface area contributed by atoms with Gasteiger partial charge >= 0.3 is 6.09 Å². The lowest BCUT2D eigenvalue weighted by Crippen LogP contribution is -2.48. The van der Waals surface area contributed by atoms with Crippen molar-refractivity contribution in [1.29, 1.82) is 0 Å². The van der Waals surface area contributed by atoms with Crippen LogP contribution in [0.4, 0.5) is 4.79 Å². The Labute approximate surface area is 116 Å². The molecule has 0 spiro atoms. The normalized spacial score (nSPS) is 19.2. The summed E-state index contributed by atoms with van der Waals surface area (Å²) in [6.45, 7) is 8.62. The summed E-state index contributed by atoms with van der Waals surface area (Å²) in [4.78, 5) is 13.0. The van der Waals surface area contributed by atoms with Crippen LogP contribution >= 0.6 is 0 Å². The second-order valence-corrected chi connectivity index (χ2v) is 6.65. The van der Waals surface area contributed by atoms with E-state index in [1.54, 1.807) is 0 Å². The number of rotatable bonds is 5. The SMILES string of the molecule is CC(C)(C)CN(C(=O)O)[C@H](CN)CC1CCOCC1. The predicted molar refractivity (Wildman–Crippen MR) is 75.2 cm³/mol. The molecule has 1 heterocycles. The first-order valence-corrected chi connectivity index (χ1v) is 7.11. The third-order valence-electron chi connectivity index (χ3n) is 3.55. The number of nitrogens with two attached hydrogens (primary N) is 1. The monoisotopic (exact) mass is 272 g/mol. The average Bonchev–Trinajstić information content (AvgIpc) is 2.33. The first-order valence-electron chi connectivity index (χ1n) is 7.11. The van der Waals surface area contributed by atoms with Gasteiger partial charge in [0.05, 0.1) is 0 Å². The molecule has 0 radical (unpaired) electrons. The van der Waals surface area contributed by atoms with E-state index in [0.29, 0.717) is 19.0 Å². The second kappa shape index (κ2) is 7.10. The van der Waals surface area contributed by atoms with Gasteiger partial charge in [-0.25, -0.2) is 4.79 Å². The maximum atomic E-state index is 11.5. The van der Waals surface area contributed by atoms with E-state index in [9.17, 15) is 9.90 Å². The van der Waals surface area contributed by atoms with Crippen molar-refractivity contribution in [2.75, 3.05) is 26.3 Å². The van der Waals surface area contributed by atoms with Crippen LogP contribution < -0.4 is 5.73 Å². The van der Waals surface area contributed by atoms with E-state index in [4.69, 9.17) is 10.5 Å². The summed E-state index contributed by atoms with van der Waals surface area (Å²) < 4.78 is 5.34.